The fourth-order valence-electron chi connectivity index (χ4n) is 1.44. The number of nitrogens with zero attached hydrogens (tertiary/aromatic N) is 2. The molecule has 0 aromatic carbocycles. The van der Waals surface area contributed by atoms with E-state index in [1.165, 1.54) is 4.90 Å². The van der Waals surface area contributed by atoms with Gasteiger partial charge in [-0.2, -0.15) is 13.2 Å². The number of rotatable bonds is 2. The van der Waals surface area contributed by atoms with Crippen LogP contribution in [0.25, 0.3) is 0 Å². The number of hydrogen-bond acceptors (Lipinski definition) is 4. The minimum absolute atomic E-state index is 0.136. The molecule has 1 heterocycles. The Hall–Kier alpha value is -1.99. The molecule has 21 heavy (non-hydrogen) atoms. The van der Waals surface area contributed by atoms with Crippen molar-refractivity contribution >= 4 is 17.6 Å². The number of carbonyl (C=O) groups is 1. The number of nitrogens with one attached hydrogen (secondary N) is 1. The van der Waals surface area contributed by atoms with Gasteiger partial charge in [0.2, 0.25) is 0 Å². The van der Waals surface area contributed by atoms with Crippen LogP contribution in [0.2, 0.25) is 0 Å². The van der Waals surface area contributed by atoms with Gasteiger partial charge in [0, 0.05) is 14.1 Å². The van der Waals surface area contributed by atoms with E-state index >= 15 is 0 Å². The summed E-state index contributed by atoms with van der Waals surface area (Å²) >= 11 is 0. The van der Waals surface area contributed by atoms with Gasteiger partial charge in [0.1, 0.15) is 11.4 Å². The van der Waals surface area contributed by atoms with Crippen LogP contribution < -0.4 is 10.2 Å². The van der Waals surface area contributed by atoms with Gasteiger partial charge in [-0.3, -0.25) is 5.32 Å². The molecule has 0 unspecified atom stereocenters. The Morgan fingerprint density at radius 2 is 1.86 bits per heavy atom. The van der Waals surface area contributed by atoms with Crippen LogP contribution >= 0.6 is 0 Å². The van der Waals surface area contributed by atoms with E-state index in [-0.39, 0.29) is 5.82 Å². The normalized spacial score (nSPS) is 12.0. The second kappa shape index (κ2) is 5.79. The lowest BCUT2D eigenvalue weighted by molar-refractivity contribution is -0.136. The maximum atomic E-state index is 13.0. The summed E-state index contributed by atoms with van der Waals surface area (Å²) < 4.78 is 44.1. The molecule has 0 aliphatic carbocycles. The van der Waals surface area contributed by atoms with E-state index in [9.17, 15) is 18.0 Å². The highest BCUT2D eigenvalue weighted by Gasteiger charge is 2.35. The quantitative estimate of drug-likeness (QED) is 0.908. The Bertz CT molecular complexity index is 522. The highest BCUT2D eigenvalue weighted by molar-refractivity contribution is 5.86. The van der Waals surface area contributed by atoms with Crippen molar-refractivity contribution in [2.75, 3.05) is 24.3 Å². The van der Waals surface area contributed by atoms with Crippen molar-refractivity contribution < 1.29 is 22.7 Å². The lowest BCUT2D eigenvalue weighted by Crippen LogP contribution is -2.28. The smallest absolute Gasteiger partial charge is 0.418 e. The maximum absolute atomic E-state index is 13.0. The number of aromatic nitrogens is 1. The Morgan fingerprint density at radius 1 is 1.29 bits per heavy atom. The highest BCUT2D eigenvalue weighted by atomic mass is 19.4. The molecule has 118 valence electrons. The summed E-state index contributed by atoms with van der Waals surface area (Å²) in [7, 11) is 3.15. The van der Waals surface area contributed by atoms with Crippen LogP contribution in [0.3, 0.4) is 0 Å². The topological polar surface area (TPSA) is 54.5 Å². The molecular weight excluding hydrogens is 287 g/mol. The summed E-state index contributed by atoms with van der Waals surface area (Å²) in [6.07, 6.45) is -4.62. The van der Waals surface area contributed by atoms with Gasteiger partial charge in [-0.15, -0.1) is 0 Å². The number of carbonyl (C=O) groups excluding carboxylic acids is 1. The number of hydrogen-bond donors (Lipinski definition) is 1. The fraction of sp³-hybridized carbons (Fsp3) is 0.538. The molecular formula is C13H18F3N3O2. The lowest BCUT2D eigenvalue weighted by Gasteiger charge is -2.21. The van der Waals surface area contributed by atoms with E-state index in [1.807, 2.05) is 0 Å². The average Bonchev–Trinajstić information content (AvgIpc) is 2.24. The van der Waals surface area contributed by atoms with E-state index in [0.29, 0.717) is 0 Å². The van der Waals surface area contributed by atoms with Gasteiger partial charge in [0.05, 0.1) is 17.4 Å². The predicted octanol–water partition coefficient (Wildman–Crippen LogP) is 3.51. The van der Waals surface area contributed by atoms with Crippen LogP contribution in [-0.2, 0) is 10.9 Å². The van der Waals surface area contributed by atoms with Gasteiger partial charge in [-0.05, 0) is 26.8 Å². The van der Waals surface area contributed by atoms with Crippen LogP contribution in [-0.4, -0.2) is 30.8 Å². The average molecular weight is 305 g/mol. The van der Waals surface area contributed by atoms with Crippen molar-refractivity contribution in [3.63, 3.8) is 0 Å². The minimum atomic E-state index is -4.61. The van der Waals surface area contributed by atoms with Crippen molar-refractivity contribution in [3.05, 3.63) is 17.8 Å². The van der Waals surface area contributed by atoms with Crippen LogP contribution in [0.4, 0.5) is 29.5 Å². The molecule has 0 bridgehead atoms. The molecule has 0 fully saturated rings. The zero-order valence-corrected chi connectivity index (χ0v) is 12.5. The van der Waals surface area contributed by atoms with Crippen molar-refractivity contribution in [1.29, 1.82) is 0 Å². The highest BCUT2D eigenvalue weighted by Crippen LogP contribution is 2.36. The first-order valence-corrected chi connectivity index (χ1v) is 6.15. The molecule has 5 nitrogen and oxygen atoms in total. The van der Waals surface area contributed by atoms with E-state index in [1.54, 1.807) is 34.9 Å². The minimum Gasteiger partial charge on any atom is -0.444 e. The van der Waals surface area contributed by atoms with Gasteiger partial charge in [-0.1, -0.05) is 0 Å². The molecule has 0 spiro atoms. The summed E-state index contributed by atoms with van der Waals surface area (Å²) in [4.78, 5) is 16.9. The van der Waals surface area contributed by atoms with E-state index in [2.05, 4.69) is 10.3 Å². The Kier molecular flexibility index (Phi) is 4.70. The lowest BCUT2D eigenvalue weighted by atomic mass is 10.2. The number of anilines is 2. The van der Waals surface area contributed by atoms with Gasteiger partial charge in [0.25, 0.3) is 0 Å². The molecule has 0 aliphatic heterocycles. The monoisotopic (exact) mass is 305 g/mol. The van der Waals surface area contributed by atoms with Gasteiger partial charge in [0.15, 0.2) is 0 Å². The standard InChI is InChI=1S/C13H18F3N3O2/c1-12(2,3)21-11(20)18-9-7-17-10(19(4)5)6-8(9)13(14,15)16/h6-7H,1-5H3,(H,18,20). The molecule has 1 aromatic rings. The van der Waals surface area contributed by atoms with E-state index in [4.69, 9.17) is 4.74 Å². The van der Waals surface area contributed by atoms with Gasteiger partial charge >= 0.3 is 12.3 Å². The Labute approximate surface area is 121 Å². The molecule has 1 amide bonds. The molecule has 1 aromatic heterocycles. The summed E-state index contributed by atoms with van der Waals surface area (Å²) in [6.45, 7) is 4.85. The summed E-state index contributed by atoms with van der Waals surface area (Å²) in [5.41, 5.74) is -2.23. The molecule has 8 heteroatoms. The van der Waals surface area contributed by atoms with Crippen LogP contribution in [0.1, 0.15) is 26.3 Å². The largest absolute Gasteiger partial charge is 0.444 e. The zero-order chi connectivity index (χ0) is 16.4. The predicted molar refractivity (Wildman–Crippen MR) is 73.4 cm³/mol. The second-order valence-corrected chi connectivity index (χ2v) is 5.61. The van der Waals surface area contributed by atoms with Gasteiger partial charge in [-0.25, -0.2) is 9.78 Å². The molecule has 0 saturated carbocycles. The van der Waals surface area contributed by atoms with E-state index in [0.717, 1.165) is 12.3 Å². The van der Waals surface area contributed by atoms with E-state index < -0.39 is 29.1 Å². The number of ether oxygens (including phenoxy) is 1. The fourth-order valence-corrected chi connectivity index (χ4v) is 1.44. The van der Waals surface area contributed by atoms with Crippen LogP contribution in [0.5, 0.6) is 0 Å². The molecule has 1 N–H and O–H groups in total. The Balaban J connectivity index is 3.10. The third kappa shape index (κ3) is 5.13. The first kappa shape index (κ1) is 17.1. The van der Waals surface area contributed by atoms with Gasteiger partial charge < -0.3 is 9.64 Å². The summed E-state index contributed by atoms with van der Waals surface area (Å²) in [6, 6.07) is 0.868. The Morgan fingerprint density at radius 3 is 2.29 bits per heavy atom. The van der Waals surface area contributed by atoms with Crippen molar-refractivity contribution in [2.24, 2.45) is 0 Å². The maximum Gasteiger partial charge on any atom is 0.418 e. The molecule has 0 saturated heterocycles. The number of halogens is 3. The second-order valence-electron chi connectivity index (χ2n) is 5.61. The first-order chi connectivity index (χ1) is 9.40. The molecule has 0 aliphatic rings. The van der Waals surface area contributed by atoms with Crippen molar-refractivity contribution in [3.8, 4) is 0 Å². The van der Waals surface area contributed by atoms with Crippen molar-refractivity contribution in [1.82, 2.24) is 4.98 Å². The first-order valence-electron chi connectivity index (χ1n) is 6.15. The van der Waals surface area contributed by atoms with Crippen molar-refractivity contribution in [2.45, 2.75) is 32.5 Å². The molecule has 0 radical (unpaired) electrons. The summed E-state index contributed by atoms with van der Waals surface area (Å²) in [5.74, 6) is 0.136. The summed E-state index contributed by atoms with van der Waals surface area (Å²) in [5, 5.41) is 2.08. The SMILES string of the molecule is CN(C)c1cc(C(F)(F)F)c(NC(=O)OC(C)(C)C)cn1. The third-order valence-electron chi connectivity index (χ3n) is 2.29. The molecule has 0 atom stereocenters. The molecule has 1 rings (SSSR count). The van der Waals surface area contributed by atoms with Crippen LogP contribution in [0, 0.1) is 0 Å². The number of alkyl halides is 3. The zero-order valence-electron chi connectivity index (χ0n) is 12.5. The number of amides is 1. The third-order valence-corrected chi connectivity index (χ3v) is 2.29. The number of pyridine rings is 1. The van der Waals surface area contributed by atoms with Crippen LogP contribution in [0.15, 0.2) is 12.3 Å².